The highest BCUT2D eigenvalue weighted by atomic mass is 35.5. The van der Waals surface area contributed by atoms with Crippen molar-refractivity contribution >= 4 is 24.0 Å². The Bertz CT molecular complexity index is 386. The largest absolute Gasteiger partial charge is 0.328 e. The number of hydrogen-bond acceptors (Lipinski definition) is 2. The van der Waals surface area contributed by atoms with E-state index in [1.807, 2.05) is 6.92 Å². The molecule has 0 heterocycles. The number of rotatable bonds is 5. The zero-order valence-corrected chi connectivity index (χ0v) is 10.8. The van der Waals surface area contributed by atoms with E-state index in [-0.39, 0.29) is 36.3 Å². The quantitative estimate of drug-likeness (QED) is 0.869. The van der Waals surface area contributed by atoms with Crippen molar-refractivity contribution in [3.8, 4) is 0 Å². The summed E-state index contributed by atoms with van der Waals surface area (Å²) in [4.78, 5) is 11.4. The molecule has 1 aromatic rings. The number of hydrogen-bond donors (Lipinski definition) is 2. The molecular formula is C12H17ClF2N2O. The molecule has 0 spiro atoms. The van der Waals surface area contributed by atoms with Crippen LogP contribution in [-0.2, 0) is 4.79 Å². The molecule has 3 nitrogen and oxygen atoms in total. The lowest BCUT2D eigenvalue weighted by molar-refractivity contribution is -0.116. The summed E-state index contributed by atoms with van der Waals surface area (Å²) in [7, 11) is 0. The van der Waals surface area contributed by atoms with Crippen molar-refractivity contribution in [2.24, 2.45) is 5.73 Å². The fourth-order valence-corrected chi connectivity index (χ4v) is 1.33. The SMILES string of the molecule is CC(N)CCC(=O)Nc1cccc(C(F)F)c1.Cl. The monoisotopic (exact) mass is 278 g/mol. The molecule has 0 fully saturated rings. The lowest BCUT2D eigenvalue weighted by Crippen LogP contribution is -2.19. The summed E-state index contributed by atoms with van der Waals surface area (Å²) < 4.78 is 24.8. The molecule has 0 aliphatic heterocycles. The van der Waals surface area contributed by atoms with Gasteiger partial charge in [0.15, 0.2) is 0 Å². The van der Waals surface area contributed by atoms with Gasteiger partial charge in [0.2, 0.25) is 5.91 Å². The molecule has 1 aromatic carbocycles. The van der Waals surface area contributed by atoms with Crippen LogP contribution in [-0.4, -0.2) is 11.9 Å². The predicted molar refractivity (Wildman–Crippen MR) is 70.2 cm³/mol. The van der Waals surface area contributed by atoms with E-state index in [2.05, 4.69) is 5.32 Å². The van der Waals surface area contributed by atoms with Gasteiger partial charge in [-0.1, -0.05) is 12.1 Å². The number of alkyl halides is 2. The molecule has 0 radical (unpaired) electrons. The summed E-state index contributed by atoms with van der Waals surface area (Å²) >= 11 is 0. The van der Waals surface area contributed by atoms with Crippen molar-refractivity contribution in [3.63, 3.8) is 0 Å². The Kier molecular flexibility index (Phi) is 7.47. The van der Waals surface area contributed by atoms with Crippen LogP contribution >= 0.6 is 12.4 Å². The fraction of sp³-hybridized carbons (Fsp3) is 0.417. The highest BCUT2D eigenvalue weighted by Gasteiger charge is 2.09. The summed E-state index contributed by atoms with van der Waals surface area (Å²) in [6, 6.07) is 5.61. The zero-order chi connectivity index (χ0) is 12.8. The van der Waals surface area contributed by atoms with E-state index in [4.69, 9.17) is 5.73 Å². The highest BCUT2D eigenvalue weighted by Crippen LogP contribution is 2.21. The first-order chi connectivity index (χ1) is 7.99. The highest BCUT2D eigenvalue weighted by molar-refractivity contribution is 5.90. The van der Waals surface area contributed by atoms with Gasteiger partial charge >= 0.3 is 0 Å². The molecule has 0 bridgehead atoms. The Labute approximate surface area is 111 Å². The van der Waals surface area contributed by atoms with E-state index < -0.39 is 6.43 Å². The van der Waals surface area contributed by atoms with Crippen LogP contribution in [0.25, 0.3) is 0 Å². The van der Waals surface area contributed by atoms with Gasteiger partial charge in [0, 0.05) is 23.7 Å². The van der Waals surface area contributed by atoms with Crippen LogP contribution in [0.1, 0.15) is 31.8 Å². The van der Waals surface area contributed by atoms with Crippen molar-refractivity contribution in [2.75, 3.05) is 5.32 Å². The van der Waals surface area contributed by atoms with Gasteiger partial charge in [-0.2, -0.15) is 0 Å². The maximum atomic E-state index is 12.4. The van der Waals surface area contributed by atoms with Gasteiger partial charge in [0.25, 0.3) is 6.43 Å². The molecule has 1 rings (SSSR count). The Morgan fingerprint density at radius 2 is 2.11 bits per heavy atom. The summed E-state index contributed by atoms with van der Waals surface area (Å²) in [6.45, 7) is 1.81. The minimum atomic E-state index is -2.53. The van der Waals surface area contributed by atoms with Gasteiger partial charge in [0.05, 0.1) is 0 Å². The third-order valence-electron chi connectivity index (χ3n) is 2.25. The predicted octanol–water partition coefficient (Wildman–Crippen LogP) is 3.11. The van der Waals surface area contributed by atoms with Gasteiger partial charge in [-0.05, 0) is 25.5 Å². The minimum Gasteiger partial charge on any atom is -0.328 e. The van der Waals surface area contributed by atoms with E-state index >= 15 is 0 Å². The van der Waals surface area contributed by atoms with Crippen LogP contribution in [0.4, 0.5) is 14.5 Å². The van der Waals surface area contributed by atoms with Gasteiger partial charge in [0.1, 0.15) is 0 Å². The average molecular weight is 279 g/mol. The molecule has 18 heavy (non-hydrogen) atoms. The molecule has 1 amide bonds. The Morgan fingerprint density at radius 3 is 2.67 bits per heavy atom. The second-order valence-corrected chi connectivity index (χ2v) is 3.99. The first-order valence-electron chi connectivity index (χ1n) is 5.42. The van der Waals surface area contributed by atoms with Gasteiger partial charge in [-0.15, -0.1) is 12.4 Å². The molecule has 0 aliphatic carbocycles. The fourth-order valence-electron chi connectivity index (χ4n) is 1.33. The smallest absolute Gasteiger partial charge is 0.263 e. The molecule has 6 heteroatoms. The number of halogens is 3. The molecular weight excluding hydrogens is 262 g/mol. The standard InChI is InChI=1S/C12H16F2N2O.ClH/c1-8(15)5-6-11(17)16-10-4-2-3-9(7-10)12(13)14;/h2-4,7-8,12H,5-6,15H2,1H3,(H,16,17);1H. The zero-order valence-electron chi connectivity index (χ0n) is 10.0. The van der Waals surface area contributed by atoms with Crippen LogP contribution in [0.5, 0.6) is 0 Å². The van der Waals surface area contributed by atoms with Gasteiger partial charge in [-0.3, -0.25) is 4.79 Å². The van der Waals surface area contributed by atoms with E-state index in [0.717, 1.165) is 0 Å². The van der Waals surface area contributed by atoms with E-state index in [0.29, 0.717) is 12.1 Å². The first-order valence-corrected chi connectivity index (χ1v) is 5.42. The number of nitrogens with two attached hydrogens (primary N) is 1. The Hall–Kier alpha value is -1.20. The van der Waals surface area contributed by atoms with Crippen molar-refractivity contribution in [2.45, 2.75) is 32.2 Å². The van der Waals surface area contributed by atoms with Crippen molar-refractivity contribution in [3.05, 3.63) is 29.8 Å². The van der Waals surface area contributed by atoms with Gasteiger partial charge in [-0.25, -0.2) is 8.78 Å². The first kappa shape index (κ1) is 16.8. The molecule has 102 valence electrons. The maximum Gasteiger partial charge on any atom is 0.263 e. The maximum absolute atomic E-state index is 12.4. The van der Waals surface area contributed by atoms with Crippen molar-refractivity contribution in [1.82, 2.24) is 0 Å². The van der Waals surface area contributed by atoms with Crippen LogP contribution in [0.3, 0.4) is 0 Å². The van der Waals surface area contributed by atoms with Gasteiger partial charge < -0.3 is 11.1 Å². The minimum absolute atomic E-state index is 0. The lowest BCUT2D eigenvalue weighted by Gasteiger charge is -2.08. The second-order valence-electron chi connectivity index (χ2n) is 3.99. The summed E-state index contributed by atoms with van der Waals surface area (Å²) in [5.41, 5.74) is 5.80. The Balaban J connectivity index is 0.00000289. The van der Waals surface area contributed by atoms with Crippen LogP contribution < -0.4 is 11.1 Å². The number of carbonyl (C=O) groups is 1. The molecule has 0 aromatic heterocycles. The molecule has 0 saturated carbocycles. The number of anilines is 1. The van der Waals surface area contributed by atoms with E-state index in [1.54, 1.807) is 6.07 Å². The van der Waals surface area contributed by atoms with Crippen LogP contribution in [0.15, 0.2) is 24.3 Å². The van der Waals surface area contributed by atoms with E-state index in [1.165, 1.54) is 18.2 Å². The number of nitrogens with one attached hydrogen (secondary N) is 1. The number of carbonyl (C=O) groups excluding carboxylic acids is 1. The molecule has 0 saturated heterocycles. The summed E-state index contributed by atoms with van der Waals surface area (Å²) in [5.74, 6) is -0.214. The van der Waals surface area contributed by atoms with E-state index in [9.17, 15) is 13.6 Å². The van der Waals surface area contributed by atoms with Crippen molar-refractivity contribution in [1.29, 1.82) is 0 Å². The number of benzene rings is 1. The normalized spacial score (nSPS) is 11.8. The molecule has 3 N–H and O–H groups in total. The molecule has 1 atom stereocenters. The molecule has 0 aliphatic rings. The van der Waals surface area contributed by atoms with Crippen molar-refractivity contribution < 1.29 is 13.6 Å². The van der Waals surface area contributed by atoms with Crippen LogP contribution in [0.2, 0.25) is 0 Å². The topological polar surface area (TPSA) is 55.1 Å². The molecule has 1 unspecified atom stereocenters. The second kappa shape index (κ2) is 8.00. The lowest BCUT2D eigenvalue weighted by atomic mass is 10.1. The number of amides is 1. The third kappa shape index (κ3) is 5.93. The summed E-state index contributed by atoms with van der Waals surface area (Å²) in [6.07, 6.45) is -1.67. The Morgan fingerprint density at radius 1 is 1.44 bits per heavy atom. The summed E-state index contributed by atoms with van der Waals surface area (Å²) in [5, 5.41) is 2.56. The van der Waals surface area contributed by atoms with Crippen LogP contribution in [0, 0.1) is 0 Å². The average Bonchev–Trinajstić information content (AvgIpc) is 2.26. The third-order valence-corrected chi connectivity index (χ3v) is 2.25.